The summed E-state index contributed by atoms with van der Waals surface area (Å²) < 4.78 is 15.8. The molecule has 0 bridgehead atoms. The lowest BCUT2D eigenvalue weighted by atomic mass is 10.0. The van der Waals surface area contributed by atoms with Gasteiger partial charge in [-0.2, -0.15) is 5.10 Å². The summed E-state index contributed by atoms with van der Waals surface area (Å²) in [5.74, 6) is -0.224. The molecule has 1 N–H and O–H groups in total. The zero-order chi connectivity index (χ0) is 13.1. The number of hydrogen-bond donors (Lipinski definition) is 1. The van der Waals surface area contributed by atoms with E-state index in [1.165, 1.54) is 12.1 Å². The van der Waals surface area contributed by atoms with Crippen LogP contribution in [0.15, 0.2) is 34.9 Å². The van der Waals surface area contributed by atoms with Crippen molar-refractivity contribution in [2.45, 2.75) is 13.0 Å². The molecule has 0 fully saturated rings. The number of nitrogens with one attached hydrogen (secondary N) is 1. The number of aryl methyl sites for hydroxylation is 1. The fraction of sp³-hybridized carbons (Fsp3) is 0.308. The van der Waals surface area contributed by atoms with Crippen LogP contribution in [0.2, 0.25) is 0 Å². The molecular formula is C13H15BrFN3. The molecule has 0 saturated carbocycles. The number of hydrogen-bond acceptors (Lipinski definition) is 2. The van der Waals surface area contributed by atoms with Crippen molar-refractivity contribution in [1.82, 2.24) is 15.1 Å². The smallest absolute Gasteiger partial charge is 0.123 e. The van der Waals surface area contributed by atoms with Gasteiger partial charge in [0.05, 0.1) is 22.4 Å². The van der Waals surface area contributed by atoms with Crippen LogP contribution in [0.1, 0.15) is 24.2 Å². The molecular weight excluding hydrogens is 297 g/mol. The third-order valence-electron chi connectivity index (χ3n) is 2.82. The Hall–Kier alpha value is -1.20. The summed E-state index contributed by atoms with van der Waals surface area (Å²) in [6.45, 7) is 2.86. The summed E-state index contributed by atoms with van der Waals surface area (Å²) in [4.78, 5) is 0. The average Bonchev–Trinajstić information content (AvgIpc) is 2.68. The SMILES string of the molecule is CCNC(c1ccc(F)cc1)c1c(Br)cnn1C. The third kappa shape index (κ3) is 2.62. The van der Waals surface area contributed by atoms with E-state index in [2.05, 4.69) is 26.3 Å². The van der Waals surface area contributed by atoms with Gasteiger partial charge in [0.25, 0.3) is 0 Å². The molecule has 0 aliphatic rings. The maximum Gasteiger partial charge on any atom is 0.123 e. The molecule has 96 valence electrons. The summed E-state index contributed by atoms with van der Waals surface area (Å²) in [6.07, 6.45) is 1.77. The normalized spacial score (nSPS) is 12.7. The highest BCUT2D eigenvalue weighted by Gasteiger charge is 2.19. The number of halogens is 2. The second-order valence-electron chi connectivity index (χ2n) is 4.04. The lowest BCUT2D eigenvalue weighted by molar-refractivity contribution is 0.568. The van der Waals surface area contributed by atoms with Crippen molar-refractivity contribution >= 4 is 15.9 Å². The van der Waals surface area contributed by atoms with Gasteiger partial charge in [0.2, 0.25) is 0 Å². The Morgan fingerprint density at radius 3 is 2.56 bits per heavy atom. The highest BCUT2D eigenvalue weighted by atomic mass is 79.9. The standard InChI is InChI=1S/C13H15BrFN3/c1-3-16-12(9-4-6-10(15)7-5-9)13-11(14)8-17-18(13)2/h4-8,12,16H,3H2,1-2H3. The highest BCUT2D eigenvalue weighted by Crippen LogP contribution is 2.28. The Bertz CT molecular complexity index is 502. The minimum atomic E-state index is -0.224. The average molecular weight is 312 g/mol. The Kier molecular flexibility index (Phi) is 4.14. The minimum Gasteiger partial charge on any atom is -0.305 e. The molecule has 0 amide bonds. The Morgan fingerprint density at radius 1 is 1.39 bits per heavy atom. The van der Waals surface area contributed by atoms with E-state index < -0.39 is 0 Å². The van der Waals surface area contributed by atoms with Crippen LogP contribution in [0.4, 0.5) is 4.39 Å². The predicted octanol–water partition coefficient (Wildman–Crippen LogP) is 3.02. The van der Waals surface area contributed by atoms with Gasteiger partial charge in [0.1, 0.15) is 5.82 Å². The van der Waals surface area contributed by atoms with Gasteiger partial charge in [-0.1, -0.05) is 19.1 Å². The van der Waals surface area contributed by atoms with Crippen molar-refractivity contribution in [2.75, 3.05) is 6.54 Å². The van der Waals surface area contributed by atoms with Crippen molar-refractivity contribution in [1.29, 1.82) is 0 Å². The first-order chi connectivity index (χ1) is 8.63. The fourth-order valence-electron chi connectivity index (χ4n) is 1.98. The lowest BCUT2D eigenvalue weighted by Gasteiger charge is -2.19. The zero-order valence-electron chi connectivity index (χ0n) is 10.3. The van der Waals surface area contributed by atoms with Gasteiger partial charge in [0.15, 0.2) is 0 Å². The van der Waals surface area contributed by atoms with Crippen molar-refractivity contribution in [3.8, 4) is 0 Å². The molecule has 0 saturated heterocycles. The van der Waals surface area contributed by atoms with E-state index >= 15 is 0 Å². The number of aromatic nitrogens is 2. The van der Waals surface area contributed by atoms with Gasteiger partial charge >= 0.3 is 0 Å². The summed E-state index contributed by atoms with van der Waals surface area (Å²) in [7, 11) is 1.90. The molecule has 18 heavy (non-hydrogen) atoms. The van der Waals surface area contributed by atoms with Crippen LogP contribution in [0.25, 0.3) is 0 Å². The van der Waals surface area contributed by atoms with Crippen LogP contribution in [-0.4, -0.2) is 16.3 Å². The van der Waals surface area contributed by atoms with Crippen LogP contribution < -0.4 is 5.32 Å². The van der Waals surface area contributed by atoms with Crippen molar-refractivity contribution in [2.24, 2.45) is 7.05 Å². The molecule has 2 aromatic rings. The molecule has 2 rings (SSSR count). The first-order valence-corrected chi connectivity index (χ1v) is 6.59. The van der Waals surface area contributed by atoms with Gasteiger partial charge in [-0.05, 0) is 40.2 Å². The van der Waals surface area contributed by atoms with E-state index in [0.717, 1.165) is 22.3 Å². The maximum atomic E-state index is 13.0. The molecule has 3 nitrogen and oxygen atoms in total. The zero-order valence-corrected chi connectivity index (χ0v) is 11.9. The highest BCUT2D eigenvalue weighted by molar-refractivity contribution is 9.10. The first kappa shape index (κ1) is 13.2. The first-order valence-electron chi connectivity index (χ1n) is 5.79. The molecule has 0 aliphatic carbocycles. The summed E-state index contributed by atoms with van der Waals surface area (Å²) in [5.41, 5.74) is 2.05. The van der Waals surface area contributed by atoms with E-state index in [1.807, 2.05) is 18.7 Å². The molecule has 1 aromatic carbocycles. The van der Waals surface area contributed by atoms with E-state index in [0.29, 0.717) is 0 Å². The molecule has 1 atom stereocenters. The largest absolute Gasteiger partial charge is 0.305 e. The summed E-state index contributed by atoms with van der Waals surface area (Å²) >= 11 is 3.50. The monoisotopic (exact) mass is 311 g/mol. The Balaban J connectivity index is 2.43. The quantitative estimate of drug-likeness (QED) is 0.940. The van der Waals surface area contributed by atoms with Gasteiger partial charge in [0, 0.05) is 7.05 Å². The number of rotatable bonds is 4. The van der Waals surface area contributed by atoms with E-state index in [9.17, 15) is 4.39 Å². The second-order valence-corrected chi connectivity index (χ2v) is 4.90. The Morgan fingerprint density at radius 2 is 2.06 bits per heavy atom. The van der Waals surface area contributed by atoms with E-state index in [-0.39, 0.29) is 11.9 Å². The van der Waals surface area contributed by atoms with Crippen molar-refractivity contribution in [3.63, 3.8) is 0 Å². The maximum absolute atomic E-state index is 13.0. The molecule has 0 aliphatic heterocycles. The third-order valence-corrected chi connectivity index (χ3v) is 3.43. The van der Waals surface area contributed by atoms with E-state index in [4.69, 9.17) is 0 Å². The lowest BCUT2D eigenvalue weighted by Crippen LogP contribution is -2.24. The van der Waals surface area contributed by atoms with Crippen LogP contribution >= 0.6 is 15.9 Å². The number of benzene rings is 1. The van der Waals surface area contributed by atoms with Gasteiger partial charge in [-0.25, -0.2) is 4.39 Å². The van der Waals surface area contributed by atoms with Crippen LogP contribution in [0, 0.1) is 5.82 Å². The fourth-order valence-corrected chi connectivity index (χ4v) is 2.55. The van der Waals surface area contributed by atoms with Crippen LogP contribution in [-0.2, 0) is 7.05 Å². The van der Waals surface area contributed by atoms with Gasteiger partial charge in [-0.3, -0.25) is 4.68 Å². The van der Waals surface area contributed by atoms with Crippen molar-refractivity contribution in [3.05, 3.63) is 52.0 Å². The molecule has 1 unspecified atom stereocenters. The Labute approximate surface area is 114 Å². The summed E-state index contributed by atoms with van der Waals surface area (Å²) in [6, 6.07) is 6.54. The molecule has 5 heteroatoms. The van der Waals surface area contributed by atoms with Crippen molar-refractivity contribution < 1.29 is 4.39 Å². The minimum absolute atomic E-state index is 0.00234. The summed E-state index contributed by atoms with van der Waals surface area (Å²) in [5, 5.41) is 7.61. The molecule has 1 heterocycles. The van der Waals surface area contributed by atoms with Crippen LogP contribution in [0.5, 0.6) is 0 Å². The molecule has 0 spiro atoms. The predicted molar refractivity (Wildman–Crippen MR) is 72.8 cm³/mol. The molecule has 0 radical (unpaired) electrons. The van der Waals surface area contributed by atoms with Gasteiger partial charge in [-0.15, -0.1) is 0 Å². The topological polar surface area (TPSA) is 29.9 Å². The van der Waals surface area contributed by atoms with Crippen LogP contribution in [0.3, 0.4) is 0 Å². The molecule has 1 aromatic heterocycles. The van der Waals surface area contributed by atoms with E-state index in [1.54, 1.807) is 18.3 Å². The van der Waals surface area contributed by atoms with Gasteiger partial charge < -0.3 is 5.32 Å². The second kappa shape index (κ2) is 5.63. The number of nitrogens with zero attached hydrogens (tertiary/aromatic N) is 2.